The van der Waals surface area contributed by atoms with E-state index < -0.39 is 0 Å². The molecule has 2 nitrogen and oxygen atoms in total. The second kappa shape index (κ2) is 8.28. The number of carbonyl (C=O) groups excluding carboxylic acids is 1. The molecule has 0 saturated heterocycles. The fourth-order valence-electron chi connectivity index (χ4n) is 3.49. The summed E-state index contributed by atoms with van der Waals surface area (Å²) < 4.78 is 0. The lowest BCUT2D eigenvalue weighted by Crippen LogP contribution is -2.38. The van der Waals surface area contributed by atoms with Crippen LogP contribution in [0.4, 0.5) is 0 Å². The van der Waals surface area contributed by atoms with E-state index in [0.29, 0.717) is 16.7 Å². The SMILES string of the molecule is O=C(NCC1CCCCC1Br)C1CCCCCCC1. The first-order valence-corrected chi connectivity index (χ1v) is 9.10. The predicted octanol–water partition coefficient (Wildman–Crippen LogP) is 4.42. The van der Waals surface area contributed by atoms with Crippen LogP contribution in [0.2, 0.25) is 0 Å². The van der Waals surface area contributed by atoms with Crippen molar-refractivity contribution in [1.82, 2.24) is 5.32 Å². The smallest absolute Gasteiger partial charge is 0.223 e. The van der Waals surface area contributed by atoms with Crippen LogP contribution in [0.3, 0.4) is 0 Å². The lowest BCUT2D eigenvalue weighted by atomic mass is 9.88. The lowest BCUT2D eigenvalue weighted by Gasteiger charge is -2.28. The van der Waals surface area contributed by atoms with Gasteiger partial charge in [0.25, 0.3) is 0 Å². The summed E-state index contributed by atoms with van der Waals surface area (Å²) in [5.74, 6) is 1.26. The molecule has 3 heteroatoms. The molecule has 1 amide bonds. The third-order valence-electron chi connectivity index (χ3n) is 4.83. The minimum absolute atomic E-state index is 0.290. The van der Waals surface area contributed by atoms with Gasteiger partial charge in [-0.25, -0.2) is 0 Å². The van der Waals surface area contributed by atoms with Gasteiger partial charge >= 0.3 is 0 Å². The van der Waals surface area contributed by atoms with Crippen LogP contribution in [0, 0.1) is 11.8 Å². The van der Waals surface area contributed by atoms with Crippen molar-refractivity contribution in [3.63, 3.8) is 0 Å². The molecule has 2 rings (SSSR count). The maximum absolute atomic E-state index is 12.3. The Morgan fingerprint density at radius 3 is 2.16 bits per heavy atom. The molecule has 2 fully saturated rings. The third kappa shape index (κ3) is 5.09. The Morgan fingerprint density at radius 2 is 1.47 bits per heavy atom. The van der Waals surface area contributed by atoms with E-state index in [0.717, 1.165) is 19.4 Å². The van der Waals surface area contributed by atoms with Crippen LogP contribution in [0.5, 0.6) is 0 Å². The van der Waals surface area contributed by atoms with E-state index in [1.165, 1.54) is 57.8 Å². The van der Waals surface area contributed by atoms with Gasteiger partial charge in [0.05, 0.1) is 0 Å². The third-order valence-corrected chi connectivity index (χ3v) is 6.04. The Kier molecular flexibility index (Phi) is 6.69. The molecule has 110 valence electrons. The molecule has 0 aliphatic heterocycles. The van der Waals surface area contributed by atoms with E-state index in [4.69, 9.17) is 0 Å². The predicted molar refractivity (Wildman–Crippen MR) is 83.5 cm³/mol. The molecule has 0 radical (unpaired) electrons. The van der Waals surface area contributed by atoms with Gasteiger partial charge in [0.1, 0.15) is 0 Å². The molecule has 2 aliphatic carbocycles. The molecule has 2 saturated carbocycles. The van der Waals surface area contributed by atoms with Gasteiger partial charge in [0.15, 0.2) is 0 Å². The Morgan fingerprint density at radius 1 is 0.895 bits per heavy atom. The molecule has 0 heterocycles. The van der Waals surface area contributed by atoms with Crippen molar-refractivity contribution in [2.45, 2.75) is 75.5 Å². The van der Waals surface area contributed by atoms with Crippen LogP contribution in [0.1, 0.15) is 70.6 Å². The van der Waals surface area contributed by atoms with Gasteiger partial charge in [-0.3, -0.25) is 4.79 Å². The molecule has 19 heavy (non-hydrogen) atoms. The highest BCUT2D eigenvalue weighted by Gasteiger charge is 2.25. The van der Waals surface area contributed by atoms with Crippen molar-refractivity contribution < 1.29 is 4.79 Å². The summed E-state index contributed by atoms with van der Waals surface area (Å²) in [5, 5.41) is 3.23. The number of carbonyl (C=O) groups is 1. The Labute approximate surface area is 126 Å². The average Bonchev–Trinajstić information content (AvgIpc) is 2.37. The maximum atomic E-state index is 12.3. The largest absolute Gasteiger partial charge is 0.356 e. The first-order valence-electron chi connectivity index (χ1n) is 8.19. The average molecular weight is 330 g/mol. The molecule has 2 aliphatic rings. The second-order valence-electron chi connectivity index (χ2n) is 6.35. The monoisotopic (exact) mass is 329 g/mol. The van der Waals surface area contributed by atoms with E-state index in [1.54, 1.807) is 0 Å². The fourth-order valence-corrected chi connectivity index (χ4v) is 4.26. The topological polar surface area (TPSA) is 29.1 Å². The maximum Gasteiger partial charge on any atom is 0.223 e. The van der Waals surface area contributed by atoms with Gasteiger partial charge in [-0.2, -0.15) is 0 Å². The summed E-state index contributed by atoms with van der Waals surface area (Å²) in [6, 6.07) is 0. The summed E-state index contributed by atoms with van der Waals surface area (Å²) >= 11 is 3.77. The Bertz CT molecular complexity index is 274. The zero-order chi connectivity index (χ0) is 13.5. The summed E-state index contributed by atoms with van der Waals surface area (Å²) in [4.78, 5) is 12.9. The van der Waals surface area contributed by atoms with Crippen molar-refractivity contribution in [1.29, 1.82) is 0 Å². The zero-order valence-electron chi connectivity index (χ0n) is 12.0. The molecule has 0 aromatic carbocycles. The molecular weight excluding hydrogens is 302 g/mol. The quantitative estimate of drug-likeness (QED) is 0.763. The number of alkyl halides is 1. The fraction of sp³-hybridized carbons (Fsp3) is 0.938. The number of halogens is 1. The normalized spacial score (nSPS) is 30.4. The van der Waals surface area contributed by atoms with Crippen LogP contribution >= 0.6 is 15.9 Å². The van der Waals surface area contributed by atoms with Crippen LogP contribution in [0.25, 0.3) is 0 Å². The van der Waals surface area contributed by atoms with Crippen molar-refractivity contribution in [2.75, 3.05) is 6.54 Å². The van der Waals surface area contributed by atoms with Crippen LogP contribution in [-0.4, -0.2) is 17.3 Å². The van der Waals surface area contributed by atoms with E-state index in [-0.39, 0.29) is 5.92 Å². The van der Waals surface area contributed by atoms with Crippen molar-refractivity contribution in [3.8, 4) is 0 Å². The first-order chi connectivity index (χ1) is 9.27. The summed E-state index contributed by atoms with van der Waals surface area (Å²) in [6.45, 7) is 0.880. The highest BCUT2D eigenvalue weighted by atomic mass is 79.9. The minimum Gasteiger partial charge on any atom is -0.356 e. The van der Waals surface area contributed by atoms with E-state index in [1.807, 2.05) is 0 Å². The van der Waals surface area contributed by atoms with Gasteiger partial charge in [-0.05, 0) is 31.6 Å². The number of rotatable bonds is 3. The van der Waals surface area contributed by atoms with Gasteiger partial charge in [-0.15, -0.1) is 0 Å². The minimum atomic E-state index is 0.290. The number of hydrogen-bond acceptors (Lipinski definition) is 1. The van der Waals surface area contributed by atoms with Gasteiger partial charge < -0.3 is 5.32 Å². The second-order valence-corrected chi connectivity index (χ2v) is 7.52. The van der Waals surface area contributed by atoms with E-state index in [2.05, 4.69) is 21.2 Å². The Balaban J connectivity index is 1.72. The highest BCUT2D eigenvalue weighted by Crippen LogP contribution is 2.29. The van der Waals surface area contributed by atoms with Crippen LogP contribution < -0.4 is 5.32 Å². The van der Waals surface area contributed by atoms with Crippen molar-refractivity contribution in [2.24, 2.45) is 11.8 Å². The standard InChI is InChI=1S/C16H28BrNO/c17-15-11-7-6-10-14(15)12-18-16(19)13-8-4-2-1-3-5-9-13/h13-15H,1-12H2,(H,18,19). The van der Waals surface area contributed by atoms with Crippen molar-refractivity contribution in [3.05, 3.63) is 0 Å². The lowest BCUT2D eigenvalue weighted by molar-refractivity contribution is -0.125. The molecular formula is C16H28BrNO. The van der Waals surface area contributed by atoms with E-state index in [9.17, 15) is 4.79 Å². The summed E-state index contributed by atoms with van der Waals surface area (Å²) in [6.07, 6.45) is 13.9. The Hall–Kier alpha value is -0.0500. The molecule has 0 spiro atoms. The first kappa shape index (κ1) is 15.3. The summed E-state index contributed by atoms with van der Waals surface area (Å²) in [7, 11) is 0. The molecule has 1 N–H and O–H groups in total. The van der Waals surface area contributed by atoms with Crippen LogP contribution in [0.15, 0.2) is 0 Å². The summed E-state index contributed by atoms with van der Waals surface area (Å²) in [5.41, 5.74) is 0. The highest BCUT2D eigenvalue weighted by molar-refractivity contribution is 9.09. The van der Waals surface area contributed by atoms with Crippen LogP contribution in [-0.2, 0) is 4.79 Å². The molecule has 2 unspecified atom stereocenters. The molecule has 0 aromatic rings. The zero-order valence-corrected chi connectivity index (χ0v) is 13.6. The number of hydrogen-bond donors (Lipinski definition) is 1. The number of nitrogens with one attached hydrogen (secondary N) is 1. The molecule has 0 aromatic heterocycles. The van der Waals surface area contributed by atoms with Gasteiger partial charge in [0.2, 0.25) is 5.91 Å². The molecule has 0 bridgehead atoms. The van der Waals surface area contributed by atoms with Gasteiger partial charge in [0, 0.05) is 17.3 Å². The van der Waals surface area contributed by atoms with Gasteiger partial charge in [-0.1, -0.05) is 60.9 Å². The van der Waals surface area contributed by atoms with E-state index >= 15 is 0 Å². The molecule has 2 atom stereocenters. The van der Waals surface area contributed by atoms with Crippen molar-refractivity contribution >= 4 is 21.8 Å². The number of amides is 1.